The summed E-state index contributed by atoms with van der Waals surface area (Å²) in [6.45, 7) is 1.60. The molecule has 0 saturated carbocycles. The minimum Gasteiger partial charge on any atom is -0.396 e. The van der Waals surface area contributed by atoms with Gasteiger partial charge in [-0.25, -0.2) is 17.1 Å². The number of nitrogen functional groups attached to an aromatic ring is 1. The highest BCUT2D eigenvalue weighted by molar-refractivity contribution is 7.89. The van der Waals surface area contributed by atoms with Gasteiger partial charge in [0.1, 0.15) is 4.90 Å². The number of rotatable bonds is 5. The highest BCUT2D eigenvalue weighted by Crippen LogP contribution is 2.27. The molecule has 0 aromatic heterocycles. The second-order valence-corrected chi connectivity index (χ2v) is 6.72. The van der Waals surface area contributed by atoms with Gasteiger partial charge in [0.2, 0.25) is 10.0 Å². The predicted octanol–water partition coefficient (Wildman–Crippen LogP) is 1.45. The summed E-state index contributed by atoms with van der Waals surface area (Å²) >= 11 is 5.69. The summed E-state index contributed by atoms with van der Waals surface area (Å²) in [4.78, 5) is -0.564. The van der Waals surface area contributed by atoms with Gasteiger partial charge < -0.3 is 10.8 Å². The number of nitrogens with two attached hydrogens (primary N) is 1. The number of sulfonamides is 1. The van der Waals surface area contributed by atoms with Gasteiger partial charge in [-0.15, -0.1) is 0 Å². The molecule has 1 rings (SSSR count). The fourth-order valence-electron chi connectivity index (χ4n) is 1.43. The van der Waals surface area contributed by atoms with Crippen molar-refractivity contribution >= 4 is 27.3 Å². The van der Waals surface area contributed by atoms with Crippen LogP contribution in [-0.4, -0.2) is 37.5 Å². The van der Waals surface area contributed by atoms with Gasteiger partial charge in [0, 0.05) is 18.6 Å². The summed E-state index contributed by atoms with van der Waals surface area (Å²) in [5, 5.41) is 9.19. The molecular formula is C11H16ClFN2O3S. The molecule has 0 amide bonds. The molecule has 1 aromatic rings. The van der Waals surface area contributed by atoms with Crippen molar-refractivity contribution in [3.63, 3.8) is 0 Å². The van der Waals surface area contributed by atoms with Gasteiger partial charge >= 0.3 is 0 Å². The SMILES string of the molecule is CC(O)CCN(C)S(=O)(=O)c1cc(Cl)cc(N)c1F. The van der Waals surface area contributed by atoms with E-state index in [0.717, 1.165) is 16.4 Å². The Hall–Kier alpha value is -0.890. The van der Waals surface area contributed by atoms with Crippen molar-refractivity contribution in [3.8, 4) is 0 Å². The van der Waals surface area contributed by atoms with Crippen molar-refractivity contribution in [1.29, 1.82) is 0 Å². The summed E-state index contributed by atoms with van der Waals surface area (Å²) < 4.78 is 39.1. The first kappa shape index (κ1) is 16.2. The van der Waals surface area contributed by atoms with Crippen LogP contribution in [0.15, 0.2) is 17.0 Å². The number of benzene rings is 1. The Morgan fingerprint density at radius 2 is 2.11 bits per heavy atom. The molecule has 1 aromatic carbocycles. The molecule has 0 bridgehead atoms. The van der Waals surface area contributed by atoms with E-state index in [2.05, 4.69) is 0 Å². The van der Waals surface area contributed by atoms with Crippen LogP contribution in [0.5, 0.6) is 0 Å². The minimum absolute atomic E-state index is 0.0430. The normalized spacial score (nSPS) is 13.8. The molecule has 1 atom stereocenters. The molecular weight excluding hydrogens is 295 g/mol. The lowest BCUT2D eigenvalue weighted by atomic mass is 10.3. The Labute approximate surface area is 116 Å². The maximum Gasteiger partial charge on any atom is 0.245 e. The fraction of sp³-hybridized carbons (Fsp3) is 0.455. The lowest BCUT2D eigenvalue weighted by molar-refractivity contribution is 0.177. The van der Waals surface area contributed by atoms with E-state index in [-0.39, 0.29) is 23.7 Å². The third-order valence-corrected chi connectivity index (χ3v) is 4.66. The molecule has 0 spiro atoms. The molecule has 3 N–H and O–H groups in total. The smallest absolute Gasteiger partial charge is 0.245 e. The molecule has 5 nitrogen and oxygen atoms in total. The van der Waals surface area contributed by atoms with Crippen LogP contribution < -0.4 is 5.73 Å². The van der Waals surface area contributed by atoms with E-state index in [0.29, 0.717) is 0 Å². The third kappa shape index (κ3) is 3.79. The van der Waals surface area contributed by atoms with Crippen molar-refractivity contribution in [3.05, 3.63) is 23.0 Å². The zero-order valence-electron chi connectivity index (χ0n) is 10.6. The number of aliphatic hydroxyl groups is 1. The topological polar surface area (TPSA) is 83.6 Å². The van der Waals surface area contributed by atoms with Gasteiger partial charge in [0.05, 0.1) is 11.8 Å². The highest BCUT2D eigenvalue weighted by atomic mass is 35.5. The van der Waals surface area contributed by atoms with Crippen molar-refractivity contribution in [1.82, 2.24) is 4.31 Å². The quantitative estimate of drug-likeness (QED) is 0.806. The Balaban J connectivity index is 3.13. The van der Waals surface area contributed by atoms with E-state index in [1.165, 1.54) is 7.05 Å². The van der Waals surface area contributed by atoms with E-state index in [4.69, 9.17) is 22.4 Å². The second kappa shape index (κ2) is 6.04. The summed E-state index contributed by atoms with van der Waals surface area (Å²) in [7, 11) is -2.73. The lowest BCUT2D eigenvalue weighted by Gasteiger charge is -2.18. The number of halogens is 2. The zero-order chi connectivity index (χ0) is 14.8. The number of aliphatic hydroxyl groups excluding tert-OH is 1. The van der Waals surface area contributed by atoms with Crippen LogP contribution in [0.25, 0.3) is 0 Å². The predicted molar refractivity (Wildman–Crippen MR) is 71.9 cm³/mol. The minimum atomic E-state index is -4.03. The number of hydrogen-bond donors (Lipinski definition) is 2. The van der Waals surface area contributed by atoms with E-state index in [1.807, 2.05) is 0 Å². The molecule has 8 heteroatoms. The Bertz CT molecular complexity index is 563. The first-order chi connectivity index (χ1) is 8.66. The van der Waals surface area contributed by atoms with Crippen LogP contribution in [0, 0.1) is 5.82 Å². The maximum atomic E-state index is 13.8. The summed E-state index contributed by atoms with van der Waals surface area (Å²) in [5.74, 6) is -1.02. The molecule has 0 aliphatic carbocycles. The average molecular weight is 311 g/mol. The molecule has 19 heavy (non-hydrogen) atoms. The van der Waals surface area contributed by atoms with Gasteiger partial charge in [-0.2, -0.15) is 0 Å². The Morgan fingerprint density at radius 1 is 1.53 bits per heavy atom. The van der Waals surface area contributed by atoms with Crippen LogP contribution in [0.3, 0.4) is 0 Å². The van der Waals surface area contributed by atoms with Crippen molar-refractivity contribution in [2.45, 2.75) is 24.3 Å². The molecule has 108 valence electrons. The summed E-state index contributed by atoms with van der Waals surface area (Å²) in [6, 6.07) is 2.16. The van der Waals surface area contributed by atoms with Crippen molar-refractivity contribution in [2.24, 2.45) is 0 Å². The van der Waals surface area contributed by atoms with Crippen LogP contribution >= 0.6 is 11.6 Å². The summed E-state index contributed by atoms with van der Waals surface area (Å²) in [5.41, 5.74) is 5.03. The molecule has 0 aliphatic rings. The van der Waals surface area contributed by atoms with Crippen LogP contribution in [-0.2, 0) is 10.0 Å². The molecule has 0 radical (unpaired) electrons. The Kier molecular flexibility index (Phi) is 5.14. The first-order valence-corrected chi connectivity index (χ1v) is 7.37. The Morgan fingerprint density at radius 3 is 2.63 bits per heavy atom. The van der Waals surface area contributed by atoms with Crippen LogP contribution in [0.4, 0.5) is 10.1 Å². The van der Waals surface area contributed by atoms with Gasteiger partial charge in [-0.3, -0.25) is 0 Å². The van der Waals surface area contributed by atoms with Gasteiger partial charge in [-0.05, 0) is 25.5 Å². The second-order valence-electron chi connectivity index (χ2n) is 4.27. The lowest BCUT2D eigenvalue weighted by Crippen LogP contribution is -2.30. The third-order valence-electron chi connectivity index (χ3n) is 2.58. The molecule has 0 aliphatic heterocycles. The number of hydrogen-bond acceptors (Lipinski definition) is 4. The highest BCUT2D eigenvalue weighted by Gasteiger charge is 2.26. The van der Waals surface area contributed by atoms with Crippen molar-refractivity contribution in [2.75, 3.05) is 19.3 Å². The van der Waals surface area contributed by atoms with Crippen LogP contribution in [0.2, 0.25) is 5.02 Å². The maximum absolute atomic E-state index is 13.8. The monoisotopic (exact) mass is 310 g/mol. The molecule has 1 unspecified atom stereocenters. The van der Waals surface area contributed by atoms with E-state index >= 15 is 0 Å². The van der Waals surface area contributed by atoms with Crippen LogP contribution in [0.1, 0.15) is 13.3 Å². The molecule has 0 heterocycles. The standard InChI is InChI=1S/C11H16ClFN2O3S/c1-7(16)3-4-15(2)19(17,18)10-6-8(12)5-9(14)11(10)13/h5-7,16H,3-4,14H2,1-2H3. The van der Waals surface area contributed by atoms with Gasteiger partial charge in [0.15, 0.2) is 5.82 Å². The molecule has 0 fully saturated rings. The van der Waals surface area contributed by atoms with Gasteiger partial charge in [-0.1, -0.05) is 11.6 Å². The first-order valence-electron chi connectivity index (χ1n) is 5.55. The largest absolute Gasteiger partial charge is 0.396 e. The zero-order valence-corrected chi connectivity index (χ0v) is 12.2. The molecule has 0 saturated heterocycles. The van der Waals surface area contributed by atoms with Crippen molar-refractivity contribution < 1.29 is 17.9 Å². The van der Waals surface area contributed by atoms with Gasteiger partial charge in [0.25, 0.3) is 0 Å². The van der Waals surface area contributed by atoms with E-state index in [9.17, 15) is 12.8 Å². The summed E-state index contributed by atoms with van der Waals surface area (Å²) in [6.07, 6.45) is -0.403. The van der Waals surface area contributed by atoms with E-state index in [1.54, 1.807) is 6.92 Å². The average Bonchev–Trinajstić information content (AvgIpc) is 2.30. The number of nitrogens with zero attached hydrogens (tertiary/aromatic N) is 1. The fourth-order valence-corrected chi connectivity index (χ4v) is 3.02. The van der Waals surface area contributed by atoms with E-state index < -0.39 is 26.8 Å². The number of anilines is 1.